The third-order valence-corrected chi connectivity index (χ3v) is 4.67. The summed E-state index contributed by atoms with van der Waals surface area (Å²) in [7, 11) is 1.50. The van der Waals surface area contributed by atoms with E-state index in [-0.39, 0.29) is 18.0 Å². The fourth-order valence-electron chi connectivity index (χ4n) is 3.24. The number of fused-ring (bicyclic) bond motifs is 2. The number of rotatable bonds is 6. The lowest BCUT2D eigenvalue weighted by Crippen LogP contribution is -2.22. The second kappa shape index (κ2) is 7.88. The molecule has 0 bridgehead atoms. The Hall–Kier alpha value is -3.85. The average Bonchev–Trinajstić information content (AvgIpc) is 3.17. The molecule has 0 saturated heterocycles. The minimum atomic E-state index is -0.478. The van der Waals surface area contributed by atoms with E-state index >= 15 is 0 Å². The third kappa shape index (κ3) is 3.35. The van der Waals surface area contributed by atoms with Crippen molar-refractivity contribution in [1.29, 1.82) is 0 Å². The van der Waals surface area contributed by atoms with Gasteiger partial charge in [0.25, 0.3) is 5.56 Å². The Kier molecular flexibility index (Phi) is 5.11. The predicted octanol–water partition coefficient (Wildman–Crippen LogP) is 2.60. The second-order valence-corrected chi connectivity index (χ2v) is 6.50. The van der Waals surface area contributed by atoms with E-state index in [9.17, 15) is 14.7 Å². The second-order valence-electron chi connectivity index (χ2n) is 6.50. The third-order valence-electron chi connectivity index (χ3n) is 4.67. The van der Waals surface area contributed by atoms with Crippen LogP contribution in [0.1, 0.15) is 23.0 Å². The fraction of sp³-hybridized carbons (Fsp3) is 0.190. The topological polar surface area (TPSA) is 118 Å². The Labute approximate surface area is 170 Å². The molecule has 9 heteroatoms. The van der Waals surface area contributed by atoms with Crippen molar-refractivity contribution in [2.24, 2.45) is 0 Å². The monoisotopic (exact) mass is 408 g/mol. The van der Waals surface area contributed by atoms with Gasteiger partial charge in [0.05, 0.1) is 25.9 Å². The molecule has 30 heavy (non-hydrogen) atoms. The maximum atomic E-state index is 12.8. The Balaban J connectivity index is 1.77. The first-order valence-corrected chi connectivity index (χ1v) is 9.31. The molecule has 0 aliphatic rings. The summed E-state index contributed by atoms with van der Waals surface area (Å²) in [6.07, 6.45) is 1.57. The van der Waals surface area contributed by atoms with Crippen LogP contribution in [0.15, 0.2) is 47.4 Å². The number of aromatic amines is 1. The summed E-state index contributed by atoms with van der Waals surface area (Å²) < 4.78 is 11.7. The van der Waals surface area contributed by atoms with E-state index in [1.54, 1.807) is 49.5 Å². The highest BCUT2D eigenvalue weighted by molar-refractivity contribution is 5.96. The van der Waals surface area contributed by atoms with Crippen molar-refractivity contribution in [2.45, 2.75) is 13.5 Å². The molecule has 4 rings (SSSR count). The van der Waals surface area contributed by atoms with Gasteiger partial charge in [0, 0.05) is 22.8 Å². The predicted molar refractivity (Wildman–Crippen MR) is 111 cm³/mol. The Morgan fingerprint density at radius 3 is 2.87 bits per heavy atom. The molecule has 0 radical (unpaired) electrons. The van der Waals surface area contributed by atoms with Crippen LogP contribution >= 0.6 is 0 Å². The zero-order chi connectivity index (χ0) is 21.3. The van der Waals surface area contributed by atoms with Gasteiger partial charge in [0.2, 0.25) is 0 Å². The first-order valence-electron chi connectivity index (χ1n) is 9.31. The fourth-order valence-corrected chi connectivity index (χ4v) is 3.24. The molecule has 0 fully saturated rings. The minimum Gasteiger partial charge on any atom is -0.493 e. The summed E-state index contributed by atoms with van der Waals surface area (Å²) in [5.41, 5.74) is 1.82. The van der Waals surface area contributed by atoms with Crippen molar-refractivity contribution >= 4 is 34.0 Å². The van der Waals surface area contributed by atoms with E-state index in [1.165, 1.54) is 11.5 Å². The van der Waals surface area contributed by atoms with Crippen LogP contribution in [0.3, 0.4) is 0 Å². The molecular weight excluding hydrogens is 388 g/mol. The lowest BCUT2D eigenvalue weighted by Gasteiger charge is -2.13. The van der Waals surface area contributed by atoms with E-state index < -0.39 is 18.1 Å². The van der Waals surface area contributed by atoms with Gasteiger partial charge in [-0.25, -0.2) is 9.78 Å². The Morgan fingerprint density at radius 2 is 2.13 bits per heavy atom. The molecule has 3 heterocycles. The summed E-state index contributed by atoms with van der Waals surface area (Å²) in [5.74, 6) is 0.233. The van der Waals surface area contributed by atoms with Crippen LogP contribution in [0.5, 0.6) is 5.75 Å². The van der Waals surface area contributed by atoms with Crippen LogP contribution in [0.4, 0.5) is 11.5 Å². The molecule has 9 nitrogen and oxygen atoms in total. The molecule has 0 unspecified atom stereocenters. The van der Waals surface area contributed by atoms with E-state index in [0.29, 0.717) is 22.8 Å². The summed E-state index contributed by atoms with van der Waals surface area (Å²) in [6, 6.07) is 10.4. The summed E-state index contributed by atoms with van der Waals surface area (Å²) in [5, 5.41) is 13.6. The number of pyridine rings is 1. The SMILES string of the molecule is CCOC(=O)c1cc2cc(Nc3nc4c(OC)cccn4c(=O)c3CO)ccc2[nH]1. The lowest BCUT2D eigenvalue weighted by molar-refractivity contribution is 0.0520. The van der Waals surface area contributed by atoms with Crippen LogP contribution in [0.2, 0.25) is 0 Å². The molecular formula is C21H20N4O5. The molecule has 0 spiro atoms. The highest BCUT2D eigenvalue weighted by Crippen LogP contribution is 2.25. The molecule has 4 aromatic rings. The number of ether oxygens (including phenoxy) is 2. The average molecular weight is 408 g/mol. The number of hydrogen-bond donors (Lipinski definition) is 3. The Morgan fingerprint density at radius 1 is 1.30 bits per heavy atom. The number of benzene rings is 1. The van der Waals surface area contributed by atoms with Crippen LogP contribution in [-0.4, -0.2) is 39.2 Å². The van der Waals surface area contributed by atoms with Gasteiger partial charge < -0.3 is 24.9 Å². The normalized spacial score (nSPS) is 11.0. The van der Waals surface area contributed by atoms with Crippen LogP contribution in [0, 0.1) is 0 Å². The maximum Gasteiger partial charge on any atom is 0.354 e. The number of aliphatic hydroxyl groups is 1. The van der Waals surface area contributed by atoms with Crippen molar-refractivity contribution in [1.82, 2.24) is 14.4 Å². The number of hydrogen-bond acceptors (Lipinski definition) is 7. The van der Waals surface area contributed by atoms with Crippen molar-refractivity contribution in [2.75, 3.05) is 19.0 Å². The molecule has 0 aliphatic heterocycles. The zero-order valence-corrected chi connectivity index (χ0v) is 16.4. The number of carbonyl (C=O) groups is 1. The summed E-state index contributed by atoms with van der Waals surface area (Å²) in [6.45, 7) is 1.56. The largest absolute Gasteiger partial charge is 0.493 e. The zero-order valence-electron chi connectivity index (χ0n) is 16.4. The lowest BCUT2D eigenvalue weighted by atomic mass is 10.2. The first-order chi connectivity index (χ1) is 14.5. The molecule has 1 aromatic carbocycles. The number of carbonyl (C=O) groups excluding carboxylic acids is 1. The molecule has 154 valence electrons. The number of anilines is 2. The van der Waals surface area contributed by atoms with Crippen molar-refractivity contribution in [3.8, 4) is 5.75 Å². The van der Waals surface area contributed by atoms with Gasteiger partial charge in [-0.1, -0.05) is 0 Å². The standard InChI is InChI=1S/C21H20N4O5/c1-3-30-21(28)16-10-12-9-13(6-7-15(12)23-16)22-18-14(11-26)20(27)25-8-4-5-17(29-2)19(25)24-18/h4-10,22-23,26H,3,11H2,1-2H3. The van der Waals surface area contributed by atoms with E-state index in [1.807, 2.05) is 0 Å². The van der Waals surface area contributed by atoms with Gasteiger partial charge in [-0.3, -0.25) is 9.20 Å². The molecule has 0 aliphatic carbocycles. The van der Waals surface area contributed by atoms with E-state index in [0.717, 1.165) is 10.9 Å². The van der Waals surface area contributed by atoms with Gasteiger partial charge in [-0.15, -0.1) is 0 Å². The van der Waals surface area contributed by atoms with Gasteiger partial charge in [-0.2, -0.15) is 0 Å². The van der Waals surface area contributed by atoms with Gasteiger partial charge >= 0.3 is 5.97 Å². The van der Waals surface area contributed by atoms with Crippen LogP contribution < -0.4 is 15.6 Å². The molecule has 0 atom stereocenters. The van der Waals surface area contributed by atoms with E-state index in [4.69, 9.17) is 9.47 Å². The summed E-state index contributed by atoms with van der Waals surface area (Å²) >= 11 is 0. The maximum absolute atomic E-state index is 12.8. The molecule has 0 amide bonds. The van der Waals surface area contributed by atoms with Crippen LogP contribution in [-0.2, 0) is 11.3 Å². The molecule has 0 saturated carbocycles. The summed E-state index contributed by atoms with van der Waals surface area (Å²) in [4.78, 5) is 32.3. The van der Waals surface area contributed by atoms with Crippen molar-refractivity contribution in [3.05, 3.63) is 64.2 Å². The van der Waals surface area contributed by atoms with Gasteiger partial charge in [0.15, 0.2) is 11.4 Å². The van der Waals surface area contributed by atoms with E-state index in [2.05, 4.69) is 15.3 Å². The van der Waals surface area contributed by atoms with Gasteiger partial charge in [-0.05, 0) is 43.3 Å². The first kappa shape index (κ1) is 19.5. The number of aliphatic hydroxyl groups excluding tert-OH is 1. The quantitative estimate of drug-likeness (QED) is 0.420. The number of nitrogens with one attached hydrogen (secondary N) is 2. The molecule has 3 aromatic heterocycles. The highest BCUT2D eigenvalue weighted by atomic mass is 16.5. The Bertz CT molecular complexity index is 1310. The van der Waals surface area contributed by atoms with Crippen LogP contribution in [0.25, 0.3) is 16.6 Å². The number of nitrogens with zero attached hydrogens (tertiary/aromatic N) is 2. The van der Waals surface area contributed by atoms with Crippen molar-refractivity contribution < 1.29 is 19.4 Å². The van der Waals surface area contributed by atoms with Crippen molar-refractivity contribution in [3.63, 3.8) is 0 Å². The molecule has 3 N–H and O–H groups in total. The number of esters is 1. The number of methoxy groups -OCH3 is 1. The smallest absolute Gasteiger partial charge is 0.354 e. The number of H-pyrrole nitrogens is 1. The highest BCUT2D eigenvalue weighted by Gasteiger charge is 2.16. The van der Waals surface area contributed by atoms with Gasteiger partial charge in [0.1, 0.15) is 11.5 Å². The number of aromatic nitrogens is 3. The minimum absolute atomic E-state index is 0.127.